The first-order chi connectivity index (χ1) is 16.7. The van der Waals surface area contributed by atoms with Gasteiger partial charge in [0.15, 0.2) is 0 Å². The lowest BCUT2D eigenvalue weighted by atomic mass is 9.84. The summed E-state index contributed by atoms with van der Waals surface area (Å²) < 4.78 is 5.81. The topological polar surface area (TPSA) is 82.6 Å². The number of aliphatic hydroxyl groups is 1. The van der Waals surface area contributed by atoms with Crippen LogP contribution >= 0.6 is 0 Å². The molecule has 0 bridgehead atoms. The largest absolute Gasteiger partial charge is 0.507 e. The molecule has 2 saturated heterocycles. The number of nitrogens with one attached hydrogen (secondary N) is 1. The number of Topliss-reactive ketones (excluding diaryl/α,β-unsaturated/α-hetero) is 1. The molecule has 5 rings (SSSR count). The van der Waals surface area contributed by atoms with Crippen molar-refractivity contribution in [3.63, 3.8) is 0 Å². The lowest BCUT2D eigenvalue weighted by Crippen LogP contribution is -2.36. The molecule has 1 amide bonds. The fourth-order valence-electron chi connectivity index (χ4n) is 5.21. The Hall–Kier alpha value is -3.38. The predicted octanol–water partition coefficient (Wildman–Crippen LogP) is 5.37. The van der Waals surface area contributed by atoms with E-state index in [4.69, 9.17) is 4.74 Å². The molecular weight excluding hydrogens is 440 g/mol. The molecule has 6 nitrogen and oxygen atoms in total. The van der Waals surface area contributed by atoms with E-state index in [-0.39, 0.29) is 22.9 Å². The average Bonchev–Trinajstić information content (AvgIpc) is 3.54. The van der Waals surface area contributed by atoms with E-state index in [0.29, 0.717) is 18.7 Å². The molecule has 2 aromatic carbocycles. The monoisotopic (exact) mass is 472 g/mol. The summed E-state index contributed by atoms with van der Waals surface area (Å²) in [6.45, 7) is 9.19. The minimum atomic E-state index is -0.701. The number of fused-ring (bicyclic) bond motifs is 1. The van der Waals surface area contributed by atoms with Crippen LogP contribution in [0.15, 0.2) is 54.2 Å². The lowest BCUT2D eigenvalue weighted by molar-refractivity contribution is -0.140. The summed E-state index contributed by atoms with van der Waals surface area (Å²) in [4.78, 5) is 31.7. The summed E-state index contributed by atoms with van der Waals surface area (Å²) in [6, 6.07) is 13.0. The van der Waals surface area contributed by atoms with E-state index in [1.54, 1.807) is 4.90 Å². The van der Waals surface area contributed by atoms with Crippen LogP contribution in [0.2, 0.25) is 0 Å². The number of likely N-dealkylation sites (tertiary alicyclic amines) is 1. The maximum absolute atomic E-state index is 13.5. The van der Waals surface area contributed by atoms with E-state index in [1.807, 2.05) is 55.6 Å². The van der Waals surface area contributed by atoms with Gasteiger partial charge < -0.3 is 19.7 Å². The molecule has 0 spiro atoms. The second kappa shape index (κ2) is 8.68. The van der Waals surface area contributed by atoms with Gasteiger partial charge in [-0.25, -0.2) is 0 Å². The van der Waals surface area contributed by atoms with E-state index in [9.17, 15) is 14.7 Å². The molecule has 3 aromatic rings. The summed E-state index contributed by atoms with van der Waals surface area (Å²) >= 11 is 0. The summed E-state index contributed by atoms with van der Waals surface area (Å²) in [6.07, 6.45) is 3.50. The van der Waals surface area contributed by atoms with Crippen molar-refractivity contribution in [2.75, 3.05) is 13.2 Å². The van der Waals surface area contributed by atoms with Crippen LogP contribution in [0.25, 0.3) is 16.7 Å². The zero-order valence-electron chi connectivity index (χ0n) is 20.7. The summed E-state index contributed by atoms with van der Waals surface area (Å²) in [5.74, 6) is -1.38. The quantitative estimate of drug-likeness (QED) is 0.304. The molecule has 182 valence electrons. The molecule has 2 aliphatic rings. The lowest BCUT2D eigenvalue weighted by Gasteiger charge is -2.27. The number of carbonyl (C=O) groups excluding carboxylic acids is 2. The molecule has 2 aliphatic heterocycles. The van der Waals surface area contributed by atoms with Crippen LogP contribution in [0, 0.1) is 6.92 Å². The Labute approximate surface area is 205 Å². The van der Waals surface area contributed by atoms with E-state index in [1.165, 1.54) is 0 Å². The summed E-state index contributed by atoms with van der Waals surface area (Å²) in [5, 5.41) is 12.6. The van der Waals surface area contributed by atoms with Crippen LogP contribution in [-0.2, 0) is 19.7 Å². The van der Waals surface area contributed by atoms with Crippen LogP contribution in [0.3, 0.4) is 0 Å². The molecule has 0 aliphatic carbocycles. The van der Waals surface area contributed by atoms with Gasteiger partial charge in [0, 0.05) is 41.4 Å². The minimum absolute atomic E-state index is 0.119. The van der Waals surface area contributed by atoms with E-state index in [2.05, 4.69) is 25.8 Å². The highest BCUT2D eigenvalue weighted by Gasteiger charge is 2.48. The number of para-hydroxylation sites is 1. The Kier molecular flexibility index (Phi) is 5.80. The normalized spacial score (nSPS) is 22.5. The third-order valence-electron chi connectivity index (χ3n) is 7.24. The van der Waals surface area contributed by atoms with Gasteiger partial charge in [-0.2, -0.15) is 0 Å². The van der Waals surface area contributed by atoms with Gasteiger partial charge in [0.25, 0.3) is 11.7 Å². The Morgan fingerprint density at radius 2 is 1.94 bits per heavy atom. The molecule has 2 atom stereocenters. The number of rotatable bonds is 4. The second-order valence-corrected chi connectivity index (χ2v) is 10.7. The number of H-pyrrole nitrogens is 1. The first-order valence-corrected chi connectivity index (χ1v) is 12.2. The predicted molar refractivity (Wildman–Crippen MR) is 136 cm³/mol. The number of ether oxygens (including phenoxy) is 1. The molecule has 2 unspecified atom stereocenters. The van der Waals surface area contributed by atoms with Crippen molar-refractivity contribution < 1.29 is 19.4 Å². The molecule has 3 heterocycles. The van der Waals surface area contributed by atoms with Crippen molar-refractivity contribution in [2.24, 2.45) is 0 Å². The fourth-order valence-corrected chi connectivity index (χ4v) is 5.21. The van der Waals surface area contributed by atoms with Gasteiger partial charge in [-0.1, -0.05) is 51.1 Å². The number of carbonyl (C=O) groups is 2. The highest BCUT2D eigenvalue weighted by molar-refractivity contribution is 6.46. The maximum atomic E-state index is 13.5. The molecule has 1 aromatic heterocycles. The Morgan fingerprint density at radius 3 is 2.66 bits per heavy atom. The zero-order chi connectivity index (χ0) is 24.9. The number of amides is 1. The maximum Gasteiger partial charge on any atom is 0.295 e. The van der Waals surface area contributed by atoms with Gasteiger partial charge in [-0.05, 0) is 48.4 Å². The Balaban J connectivity index is 1.71. The van der Waals surface area contributed by atoms with Crippen molar-refractivity contribution in [1.82, 2.24) is 9.88 Å². The first-order valence-electron chi connectivity index (χ1n) is 12.2. The van der Waals surface area contributed by atoms with Gasteiger partial charge in [-0.15, -0.1) is 0 Å². The van der Waals surface area contributed by atoms with Gasteiger partial charge in [0.1, 0.15) is 5.76 Å². The van der Waals surface area contributed by atoms with Gasteiger partial charge in [0.05, 0.1) is 17.7 Å². The second-order valence-electron chi connectivity index (χ2n) is 10.7. The van der Waals surface area contributed by atoms with Crippen LogP contribution in [-0.4, -0.2) is 45.9 Å². The molecule has 0 saturated carbocycles. The van der Waals surface area contributed by atoms with Crippen LogP contribution in [0.5, 0.6) is 0 Å². The molecule has 35 heavy (non-hydrogen) atoms. The third kappa shape index (κ3) is 4.06. The molecule has 2 N–H and O–H groups in total. The first kappa shape index (κ1) is 23.4. The smallest absolute Gasteiger partial charge is 0.295 e. The molecular formula is C29H32N2O4. The number of aryl methyl sites for hydroxylation is 1. The van der Waals surface area contributed by atoms with Crippen molar-refractivity contribution in [3.8, 4) is 0 Å². The zero-order valence-corrected chi connectivity index (χ0v) is 20.7. The van der Waals surface area contributed by atoms with E-state index < -0.39 is 17.7 Å². The Morgan fingerprint density at radius 1 is 1.17 bits per heavy atom. The van der Waals surface area contributed by atoms with Crippen molar-refractivity contribution >= 4 is 28.4 Å². The van der Waals surface area contributed by atoms with Crippen molar-refractivity contribution in [2.45, 2.75) is 58.1 Å². The summed E-state index contributed by atoms with van der Waals surface area (Å²) in [5.41, 5.74) is 4.18. The van der Waals surface area contributed by atoms with Crippen molar-refractivity contribution in [1.29, 1.82) is 0 Å². The standard InChI is InChI=1S/C29H32N2O4/c1-17-11-12-18(29(2,3)4)14-21(17)26(32)24-25(22-15-30-23-10-6-5-9-20(22)23)31(28(34)27(24)33)16-19-8-7-13-35-19/h5-6,9-12,14-15,19,25,30,32H,7-8,13,16H2,1-4H3/b26-24+. The Bertz CT molecular complexity index is 1340. The minimum Gasteiger partial charge on any atom is -0.507 e. The number of benzene rings is 2. The van der Waals surface area contributed by atoms with E-state index in [0.717, 1.165) is 40.4 Å². The number of hydrogen-bond acceptors (Lipinski definition) is 4. The molecule has 2 fully saturated rings. The van der Waals surface area contributed by atoms with Crippen LogP contribution < -0.4 is 0 Å². The number of aliphatic hydroxyl groups excluding tert-OH is 1. The molecule has 6 heteroatoms. The number of aromatic amines is 1. The van der Waals surface area contributed by atoms with Gasteiger partial charge in [-0.3, -0.25) is 9.59 Å². The average molecular weight is 473 g/mol. The summed E-state index contributed by atoms with van der Waals surface area (Å²) in [7, 11) is 0. The molecule has 0 radical (unpaired) electrons. The SMILES string of the molecule is Cc1ccc(C(C)(C)C)cc1/C(O)=C1\C(=O)C(=O)N(CC2CCCO2)C1c1c[nH]c2ccccc12. The number of aromatic nitrogens is 1. The van der Waals surface area contributed by atoms with Crippen molar-refractivity contribution in [3.05, 3.63) is 76.5 Å². The van der Waals surface area contributed by atoms with E-state index >= 15 is 0 Å². The van der Waals surface area contributed by atoms with Gasteiger partial charge >= 0.3 is 0 Å². The number of hydrogen-bond donors (Lipinski definition) is 2. The fraction of sp³-hybridized carbons (Fsp3) is 0.379. The third-order valence-corrected chi connectivity index (χ3v) is 7.24. The van der Waals surface area contributed by atoms with Crippen LogP contribution in [0.1, 0.15) is 61.9 Å². The highest BCUT2D eigenvalue weighted by Crippen LogP contribution is 2.43. The highest BCUT2D eigenvalue weighted by atomic mass is 16.5. The van der Waals surface area contributed by atoms with Gasteiger partial charge in [0.2, 0.25) is 0 Å². The number of ketones is 1. The van der Waals surface area contributed by atoms with Crippen LogP contribution in [0.4, 0.5) is 0 Å². The number of nitrogens with zero attached hydrogens (tertiary/aromatic N) is 1.